The van der Waals surface area contributed by atoms with E-state index in [0.29, 0.717) is 0 Å². The normalized spacial score (nSPS) is 11.3. The number of halogens is 1. The van der Waals surface area contributed by atoms with Crippen LogP contribution in [0.1, 0.15) is 0 Å². The molecule has 0 unspecified atom stereocenters. The van der Waals surface area contributed by atoms with Crippen LogP contribution in [0, 0.1) is 13.7 Å². The highest BCUT2D eigenvalue weighted by atomic mass is 127. The van der Waals surface area contributed by atoms with E-state index >= 15 is 0 Å². The van der Waals surface area contributed by atoms with Gasteiger partial charge in [-0.3, -0.25) is 10.1 Å². The van der Waals surface area contributed by atoms with Gasteiger partial charge >= 0.3 is 0 Å². The van der Waals surface area contributed by atoms with Crippen molar-refractivity contribution in [3.8, 4) is 0 Å². The number of nitrogen functional groups attached to an aromatic ring is 1. The molecule has 82 valence electrons. The van der Waals surface area contributed by atoms with Crippen LogP contribution in [0.4, 0.5) is 11.4 Å². The smallest absolute Gasteiger partial charge is 0.272 e. The topological polar surface area (TPSA) is 129 Å². The van der Waals surface area contributed by atoms with Gasteiger partial charge in [0.2, 0.25) is 10.0 Å². The zero-order valence-corrected chi connectivity index (χ0v) is 10.1. The molecule has 1 aromatic rings. The van der Waals surface area contributed by atoms with Crippen LogP contribution >= 0.6 is 22.6 Å². The Balaban J connectivity index is 3.59. The average molecular weight is 343 g/mol. The van der Waals surface area contributed by atoms with E-state index < -0.39 is 19.8 Å². The van der Waals surface area contributed by atoms with Crippen molar-refractivity contribution in [2.45, 2.75) is 4.90 Å². The summed E-state index contributed by atoms with van der Waals surface area (Å²) in [5.74, 6) is 0. The minimum absolute atomic E-state index is 0.0799. The van der Waals surface area contributed by atoms with Gasteiger partial charge in [-0.2, -0.15) is 0 Å². The van der Waals surface area contributed by atoms with Gasteiger partial charge in [0.1, 0.15) is 4.90 Å². The van der Waals surface area contributed by atoms with Gasteiger partial charge in [-0.15, -0.1) is 0 Å². The molecule has 4 N–H and O–H groups in total. The predicted molar refractivity (Wildman–Crippen MR) is 61.6 cm³/mol. The average Bonchev–Trinajstić information content (AvgIpc) is 2.06. The molecule has 0 atom stereocenters. The predicted octanol–water partition coefficient (Wildman–Crippen LogP) is 0.429. The maximum atomic E-state index is 11.1. The fourth-order valence-electron chi connectivity index (χ4n) is 0.920. The molecule has 15 heavy (non-hydrogen) atoms. The Labute approximate surface area is 98.8 Å². The number of hydrogen-bond acceptors (Lipinski definition) is 5. The van der Waals surface area contributed by atoms with E-state index in [1.807, 2.05) is 0 Å². The second-order valence-electron chi connectivity index (χ2n) is 2.64. The Hall–Kier alpha value is -0.940. The number of primary sulfonamides is 1. The van der Waals surface area contributed by atoms with Crippen LogP contribution in [0.5, 0.6) is 0 Å². The van der Waals surface area contributed by atoms with E-state index in [-0.39, 0.29) is 14.9 Å². The summed E-state index contributed by atoms with van der Waals surface area (Å²) >= 11 is 1.70. The Morgan fingerprint density at radius 3 is 2.33 bits per heavy atom. The fourth-order valence-corrected chi connectivity index (χ4v) is 2.41. The molecule has 0 aromatic heterocycles. The lowest BCUT2D eigenvalue weighted by Crippen LogP contribution is -2.15. The van der Waals surface area contributed by atoms with Crippen molar-refractivity contribution in [2.75, 3.05) is 5.73 Å². The summed E-state index contributed by atoms with van der Waals surface area (Å²) in [6.07, 6.45) is 0. The maximum absolute atomic E-state index is 11.1. The number of nitrogens with two attached hydrogens (primary N) is 2. The van der Waals surface area contributed by atoms with E-state index in [1.54, 1.807) is 22.6 Å². The molecule has 0 radical (unpaired) electrons. The lowest BCUT2D eigenvalue weighted by molar-refractivity contribution is -0.385. The zero-order chi connectivity index (χ0) is 11.8. The van der Waals surface area contributed by atoms with Gasteiger partial charge < -0.3 is 5.73 Å². The standard InChI is InChI=1S/C6H6IN3O4S/c7-4-1-3(10(11)12)2-5(6(4)8)15(9,13)14/h1-2H,8H2,(H2,9,13,14). The monoisotopic (exact) mass is 343 g/mol. The van der Waals surface area contributed by atoms with Crippen LogP contribution in [0.15, 0.2) is 17.0 Å². The number of rotatable bonds is 2. The van der Waals surface area contributed by atoms with E-state index in [9.17, 15) is 18.5 Å². The number of non-ortho nitro benzene ring substituents is 1. The number of benzene rings is 1. The lowest BCUT2D eigenvalue weighted by Gasteiger charge is -2.04. The second-order valence-corrected chi connectivity index (χ2v) is 5.33. The molecule has 0 aliphatic carbocycles. The first kappa shape index (κ1) is 12.1. The Kier molecular flexibility index (Phi) is 3.16. The Morgan fingerprint density at radius 1 is 1.40 bits per heavy atom. The molecule has 0 amide bonds. The highest BCUT2D eigenvalue weighted by Crippen LogP contribution is 2.28. The summed E-state index contributed by atoms with van der Waals surface area (Å²) in [6, 6.07) is 2.01. The molecule has 0 aliphatic heterocycles. The Morgan fingerprint density at radius 2 is 1.93 bits per heavy atom. The number of nitro groups is 1. The molecule has 0 bridgehead atoms. The van der Waals surface area contributed by atoms with Gasteiger partial charge in [0, 0.05) is 15.7 Å². The molecule has 0 spiro atoms. The van der Waals surface area contributed by atoms with Crippen molar-refractivity contribution in [1.29, 1.82) is 0 Å². The molecule has 1 aromatic carbocycles. The van der Waals surface area contributed by atoms with Gasteiger partial charge in [0.25, 0.3) is 5.69 Å². The van der Waals surface area contributed by atoms with Gasteiger partial charge in [-0.05, 0) is 22.6 Å². The van der Waals surface area contributed by atoms with Crippen molar-refractivity contribution in [3.05, 3.63) is 25.8 Å². The van der Waals surface area contributed by atoms with Crippen molar-refractivity contribution in [2.24, 2.45) is 5.14 Å². The van der Waals surface area contributed by atoms with E-state index in [0.717, 1.165) is 6.07 Å². The molecule has 0 fully saturated rings. The van der Waals surface area contributed by atoms with E-state index in [4.69, 9.17) is 10.9 Å². The van der Waals surface area contributed by atoms with Gasteiger partial charge in [-0.25, -0.2) is 13.6 Å². The molecule has 0 saturated heterocycles. The summed E-state index contributed by atoms with van der Waals surface area (Å²) in [6.45, 7) is 0. The zero-order valence-electron chi connectivity index (χ0n) is 7.18. The third kappa shape index (κ3) is 2.54. The number of nitro benzene ring substituents is 1. The molecule has 7 nitrogen and oxygen atoms in total. The minimum Gasteiger partial charge on any atom is -0.397 e. The van der Waals surface area contributed by atoms with Gasteiger partial charge in [0.05, 0.1) is 10.6 Å². The molecule has 1 rings (SSSR count). The van der Waals surface area contributed by atoms with E-state index in [1.165, 1.54) is 6.07 Å². The molecular weight excluding hydrogens is 337 g/mol. The summed E-state index contributed by atoms with van der Waals surface area (Å²) in [7, 11) is -4.05. The quantitative estimate of drug-likeness (QED) is 0.348. The summed E-state index contributed by atoms with van der Waals surface area (Å²) < 4.78 is 22.4. The molecule has 9 heteroatoms. The lowest BCUT2D eigenvalue weighted by atomic mass is 10.3. The number of nitrogens with zero attached hydrogens (tertiary/aromatic N) is 1. The first-order valence-corrected chi connectivity index (χ1v) is 6.12. The van der Waals surface area contributed by atoms with Crippen LogP contribution in [0.2, 0.25) is 0 Å². The number of hydrogen-bond donors (Lipinski definition) is 2. The first-order chi connectivity index (χ1) is 6.73. The molecule has 0 heterocycles. The van der Waals surface area contributed by atoms with Gasteiger partial charge in [0.15, 0.2) is 0 Å². The highest BCUT2D eigenvalue weighted by Gasteiger charge is 2.20. The second kappa shape index (κ2) is 3.90. The highest BCUT2D eigenvalue weighted by molar-refractivity contribution is 14.1. The number of sulfonamides is 1. The Bertz CT molecular complexity index is 527. The summed E-state index contributed by atoms with van der Waals surface area (Å²) in [5.41, 5.74) is 5.01. The van der Waals surface area contributed by atoms with Crippen LogP contribution in [0.3, 0.4) is 0 Å². The van der Waals surface area contributed by atoms with Crippen LogP contribution in [-0.2, 0) is 10.0 Å². The number of anilines is 1. The van der Waals surface area contributed by atoms with Crippen molar-refractivity contribution < 1.29 is 13.3 Å². The SMILES string of the molecule is Nc1c(I)cc([N+](=O)[O-])cc1S(N)(=O)=O. The summed E-state index contributed by atoms with van der Waals surface area (Å²) in [5, 5.41) is 15.3. The van der Waals surface area contributed by atoms with Crippen molar-refractivity contribution in [3.63, 3.8) is 0 Å². The first-order valence-electron chi connectivity index (χ1n) is 3.49. The van der Waals surface area contributed by atoms with Crippen LogP contribution in [0.25, 0.3) is 0 Å². The minimum atomic E-state index is -4.05. The molecule has 0 aliphatic rings. The van der Waals surface area contributed by atoms with Crippen molar-refractivity contribution in [1.82, 2.24) is 0 Å². The van der Waals surface area contributed by atoms with E-state index in [2.05, 4.69) is 0 Å². The van der Waals surface area contributed by atoms with Crippen molar-refractivity contribution >= 4 is 44.0 Å². The molecule has 0 saturated carbocycles. The third-order valence-electron chi connectivity index (χ3n) is 1.59. The summed E-state index contributed by atoms with van der Waals surface area (Å²) in [4.78, 5) is 9.33. The third-order valence-corrected chi connectivity index (χ3v) is 3.44. The van der Waals surface area contributed by atoms with Gasteiger partial charge in [-0.1, -0.05) is 0 Å². The fraction of sp³-hybridized carbons (Fsp3) is 0. The van der Waals surface area contributed by atoms with Crippen LogP contribution in [-0.4, -0.2) is 13.3 Å². The molecular formula is C6H6IN3O4S. The maximum Gasteiger partial charge on any atom is 0.272 e. The largest absolute Gasteiger partial charge is 0.397 e. The van der Waals surface area contributed by atoms with Crippen LogP contribution < -0.4 is 10.9 Å².